The lowest BCUT2D eigenvalue weighted by Gasteiger charge is -2.10. The highest BCUT2D eigenvalue weighted by molar-refractivity contribution is 7.68. The molecule has 0 radical (unpaired) electrons. The molecule has 0 fully saturated rings. The monoisotopic (exact) mass is 334 g/mol. The minimum atomic E-state index is -1.91. The van der Waals surface area contributed by atoms with E-state index in [1.54, 1.807) is 0 Å². The van der Waals surface area contributed by atoms with Crippen molar-refractivity contribution in [3.63, 3.8) is 0 Å². The fourth-order valence-corrected chi connectivity index (χ4v) is 3.88. The van der Waals surface area contributed by atoms with Crippen LogP contribution in [-0.4, -0.2) is 18.7 Å². The molecule has 0 aliphatic carbocycles. The molecule has 0 heterocycles. The van der Waals surface area contributed by atoms with Crippen LogP contribution in [-0.2, 0) is 11.0 Å². The Hall–Kier alpha value is -1.10. The van der Waals surface area contributed by atoms with Crippen LogP contribution in [0.3, 0.4) is 0 Å². The predicted molar refractivity (Wildman–Crippen MR) is 98.9 cm³/mol. The van der Waals surface area contributed by atoms with Gasteiger partial charge in [-0.15, -0.1) is 9.24 Å². The SMILES string of the molecule is CP(=O)(CP)CCCCc1cccc(Oc2ccccc2)c1. The summed E-state index contributed by atoms with van der Waals surface area (Å²) in [5.74, 6) is 2.45. The summed E-state index contributed by atoms with van der Waals surface area (Å²) in [6, 6.07) is 18.0. The molecule has 22 heavy (non-hydrogen) atoms. The van der Waals surface area contributed by atoms with Crippen LogP contribution in [0.15, 0.2) is 54.6 Å². The normalized spacial score (nSPS) is 13.5. The van der Waals surface area contributed by atoms with Gasteiger partial charge >= 0.3 is 0 Å². The summed E-state index contributed by atoms with van der Waals surface area (Å²) in [6.07, 6.45) is 3.93. The Kier molecular flexibility index (Phi) is 6.68. The molecular formula is C18H24O2P2. The molecule has 0 amide bonds. The number of ether oxygens (including phenoxy) is 1. The average molecular weight is 334 g/mol. The molecular weight excluding hydrogens is 310 g/mol. The minimum Gasteiger partial charge on any atom is -0.457 e. The zero-order chi connectivity index (χ0) is 15.8. The number of para-hydroxylation sites is 1. The summed E-state index contributed by atoms with van der Waals surface area (Å²) in [7, 11) is 0.690. The molecule has 0 saturated heterocycles. The smallest absolute Gasteiger partial charge is 0.127 e. The Morgan fingerprint density at radius 1 is 1.00 bits per heavy atom. The molecule has 2 unspecified atom stereocenters. The van der Waals surface area contributed by atoms with Gasteiger partial charge in [0, 0.05) is 12.1 Å². The lowest BCUT2D eigenvalue weighted by molar-refractivity contribution is 0.482. The van der Waals surface area contributed by atoms with Gasteiger partial charge in [-0.3, -0.25) is 0 Å². The summed E-state index contributed by atoms with van der Waals surface area (Å²) in [6.45, 7) is 1.90. The second-order valence-electron chi connectivity index (χ2n) is 5.72. The van der Waals surface area contributed by atoms with E-state index in [0.29, 0.717) is 0 Å². The zero-order valence-electron chi connectivity index (χ0n) is 13.1. The Bertz CT molecular complexity index is 626. The maximum absolute atomic E-state index is 12.0. The van der Waals surface area contributed by atoms with E-state index < -0.39 is 7.14 Å². The molecule has 4 heteroatoms. The standard InChI is InChI=1S/C18H24O2P2/c1-22(19,15-21)13-6-5-8-16-9-7-12-18(14-16)20-17-10-3-2-4-11-17/h2-4,7,9-12,14H,5-6,8,13,15,21H2,1H3. The first-order chi connectivity index (χ1) is 10.6. The number of hydrogen-bond donors (Lipinski definition) is 0. The van der Waals surface area contributed by atoms with Crippen molar-refractivity contribution < 1.29 is 9.30 Å². The molecule has 118 valence electrons. The van der Waals surface area contributed by atoms with Crippen molar-refractivity contribution in [2.24, 2.45) is 0 Å². The molecule has 0 aliphatic heterocycles. The highest BCUT2D eigenvalue weighted by atomic mass is 31.2. The lowest BCUT2D eigenvalue weighted by atomic mass is 10.1. The van der Waals surface area contributed by atoms with E-state index in [0.717, 1.165) is 42.8 Å². The first-order valence-electron chi connectivity index (χ1n) is 7.66. The molecule has 0 aromatic heterocycles. The first kappa shape index (κ1) is 17.3. The lowest BCUT2D eigenvalue weighted by Crippen LogP contribution is -1.93. The summed E-state index contributed by atoms with van der Waals surface area (Å²) < 4.78 is 17.9. The maximum atomic E-state index is 12.0. The molecule has 2 aromatic carbocycles. The number of hydrogen-bond acceptors (Lipinski definition) is 2. The third-order valence-electron chi connectivity index (χ3n) is 3.61. The van der Waals surface area contributed by atoms with Crippen LogP contribution in [0.25, 0.3) is 0 Å². The van der Waals surface area contributed by atoms with Gasteiger partial charge in [-0.1, -0.05) is 30.3 Å². The van der Waals surface area contributed by atoms with E-state index in [9.17, 15) is 4.57 Å². The Balaban J connectivity index is 1.85. The van der Waals surface area contributed by atoms with Crippen LogP contribution in [0.5, 0.6) is 11.5 Å². The molecule has 0 bridgehead atoms. The van der Waals surface area contributed by atoms with Crippen molar-refractivity contribution in [1.82, 2.24) is 0 Å². The second-order valence-corrected chi connectivity index (χ2v) is 10.2. The topological polar surface area (TPSA) is 26.3 Å². The van der Waals surface area contributed by atoms with Crippen LogP contribution < -0.4 is 4.74 Å². The van der Waals surface area contributed by atoms with E-state index in [-0.39, 0.29) is 0 Å². The Morgan fingerprint density at radius 3 is 2.45 bits per heavy atom. The average Bonchev–Trinajstić information content (AvgIpc) is 2.53. The summed E-state index contributed by atoms with van der Waals surface area (Å²) >= 11 is 0. The third-order valence-corrected chi connectivity index (χ3v) is 7.96. The van der Waals surface area contributed by atoms with Gasteiger partial charge in [0.1, 0.15) is 11.5 Å². The highest BCUT2D eigenvalue weighted by Gasteiger charge is 2.11. The van der Waals surface area contributed by atoms with Crippen LogP contribution in [0.1, 0.15) is 18.4 Å². The molecule has 0 aliphatic rings. The van der Waals surface area contributed by atoms with Crippen molar-refractivity contribution in [2.45, 2.75) is 19.3 Å². The third kappa shape index (κ3) is 5.95. The molecule has 0 spiro atoms. The fourth-order valence-electron chi connectivity index (χ4n) is 2.26. The van der Waals surface area contributed by atoms with Gasteiger partial charge in [-0.25, -0.2) is 0 Å². The first-order valence-corrected chi connectivity index (χ1v) is 11.0. The van der Waals surface area contributed by atoms with Gasteiger partial charge in [0.2, 0.25) is 0 Å². The van der Waals surface area contributed by atoms with Crippen LogP contribution in [0.4, 0.5) is 0 Å². The van der Waals surface area contributed by atoms with E-state index in [4.69, 9.17) is 4.74 Å². The number of unbranched alkanes of at least 4 members (excludes halogenated alkanes) is 1. The maximum Gasteiger partial charge on any atom is 0.127 e. The van der Waals surface area contributed by atoms with E-state index in [1.807, 2.05) is 49.1 Å². The van der Waals surface area contributed by atoms with Gasteiger partial charge in [-0.2, -0.15) is 0 Å². The van der Waals surface area contributed by atoms with Crippen molar-refractivity contribution in [3.8, 4) is 11.5 Å². The molecule has 2 nitrogen and oxygen atoms in total. The molecule has 2 rings (SSSR count). The largest absolute Gasteiger partial charge is 0.457 e. The van der Waals surface area contributed by atoms with E-state index >= 15 is 0 Å². The highest BCUT2D eigenvalue weighted by Crippen LogP contribution is 2.43. The fraction of sp³-hybridized carbons (Fsp3) is 0.333. The van der Waals surface area contributed by atoms with Gasteiger partial charge in [-0.05, 0) is 55.8 Å². The molecule has 0 saturated carbocycles. The van der Waals surface area contributed by atoms with Gasteiger partial charge in [0.05, 0.1) is 7.14 Å². The molecule has 2 atom stereocenters. The number of benzene rings is 2. The molecule has 2 aromatic rings. The van der Waals surface area contributed by atoms with Gasteiger partial charge in [0.15, 0.2) is 0 Å². The summed E-state index contributed by atoms with van der Waals surface area (Å²) in [4.78, 5) is 0. The zero-order valence-corrected chi connectivity index (χ0v) is 15.1. The quantitative estimate of drug-likeness (QED) is 0.462. The Labute approximate surface area is 135 Å². The van der Waals surface area contributed by atoms with Crippen molar-refractivity contribution in [1.29, 1.82) is 0 Å². The van der Waals surface area contributed by atoms with E-state index in [1.165, 1.54) is 5.56 Å². The van der Waals surface area contributed by atoms with Crippen LogP contribution >= 0.6 is 16.4 Å². The van der Waals surface area contributed by atoms with E-state index in [2.05, 4.69) is 21.4 Å². The number of rotatable bonds is 8. The minimum absolute atomic E-state index is 0.730. The van der Waals surface area contributed by atoms with Crippen molar-refractivity contribution in [2.75, 3.05) is 18.7 Å². The Morgan fingerprint density at radius 2 is 1.73 bits per heavy atom. The summed E-state index contributed by atoms with van der Waals surface area (Å²) in [5.41, 5.74) is 1.27. The van der Waals surface area contributed by atoms with Crippen LogP contribution in [0, 0.1) is 0 Å². The van der Waals surface area contributed by atoms with Crippen LogP contribution in [0.2, 0.25) is 0 Å². The number of aryl methyl sites for hydroxylation is 1. The molecule has 0 N–H and O–H groups in total. The van der Waals surface area contributed by atoms with Gasteiger partial charge < -0.3 is 9.30 Å². The van der Waals surface area contributed by atoms with Crippen molar-refractivity contribution in [3.05, 3.63) is 60.2 Å². The second kappa shape index (κ2) is 8.51. The van der Waals surface area contributed by atoms with Crippen molar-refractivity contribution >= 4 is 16.4 Å². The summed E-state index contributed by atoms with van der Waals surface area (Å²) in [5, 5.41) is 0. The van der Waals surface area contributed by atoms with Gasteiger partial charge in [0.25, 0.3) is 0 Å². The predicted octanol–water partition coefficient (Wildman–Crippen LogP) is 5.63.